The first-order valence-corrected chi connectivity index (χ1v) is 6.92. The number of nitrogens with two attached hydrogens (primary N) is 1. The summed E-state index contributed by atoms with van der Waals surface area (Å²) in [6.45, 7) is 2.09. The lowest BCUT2D eigenvalue weighted by Crippen LogP contribution is -2.17. The predicted molar refractivity (Wildman–Crippen MR) is 66.8 cm³/mol. The standard InChI is InChI=1S/C13H22N4/c1-9-15-16-13(10-6-7-11(14)8-10)17(9)12-4-2-3-5-12/h10-12H,2-8,14H2,1H3/t10-,11+/m1/s1. The van der Waals surface area contributed by atoms with Gasteiger partial charge < -0.3 is 10.3 Å². The van der Waals surface area contributed by atoms with Crippen LogP contribution < -0.4 is 5.73 Å². The fourth-order valence-corrected chi connectivity index (χ4v) is 3.53. The van der Waals surface area contributed by atoms with Crippen molar-refractivity contribution < 1.29 is 0 Å². The monoisotopic (exact) mass is 234 g/mol. The molecule has 0 radical (unpaired) electrons. The smallest absolute Gasteiger partial charge is 0.136 e. The Morgan fingerprint density at radius 2 is 1.88 bits per heavy atom. The van der Waals surface area contributed by atoms with Crippen molar-refractivity contribution in [1.82, 2.24) is 14.8 Å². The normalized spacial score (nSPS) is 30.2. The summed E-state index contributed by atoms with van der Waals surface area (Å²) >= 11 is 0. The molecular formula is C13H22N4. The van der Waals surface area contributed by atoms with Crippen molar-refractivity contribution in [2.75, 3.05) is 0 Å². The van der Waals surface area contributed by atoms with Crippen molar-refractivity contribution in [1.29, 1.82) is 0 Å². The molecule has 17 heavy (non-hydrogen) atoms. The number of rotatable bonds is 2. The zero-order valence-electron chi connectivity index (χ0n) is 10.6. The van der Waals surface area contributed by atoms with Gasteiger partial charge in [-0.15, -0.1) is 10.2 Å². The highest BCUT2D eigenvalue weighted by Gasteiger charge is 2.30. The van der Waals surface area contributed by atoms with Gasteiger partial charge in [0.15, 0.2) is 0 Å². The second-order valence-electron chi connectivity index (χ2n) is 5.68. The van der Waals surface area contributed by atoms with Gasteiger partial charge in [-0.05, 0) is 39.0 Å². The van der Waals surface area contributed by atoms with E-state index in [1.54, 1.807) is 0 Å². The highest BCUT2D eigenvalue weighted by Crippen LogP contribution is 2.37. The van der Waals surface area contributed by atoms with Crippen LogP contribution in [0.15, 0.2) is 0 Å². The number of nitrogens with zero attached hydrogens (tertiary/aromatic N) is 3. The van der Waals surface area contributed by atoms with E-state index in [-0.39, 0.29) is 0 Å². The first kappa shape index (κ1) is 11.2. The lowest BCUT2D eigenvalue weighted by molar-refractivity contribution is 0.464. The largest absolute Gasteiger partial charge is 0.328 e. The highest BCUT2D eigenvalue weighted by molar-refractivity contribution is 5.07. The van der Waals surface area contributed by atoms with Crippen LogP contribution in [0.2, 0.25) is 0 Å². The molecule has 0 bridgehead atoms. The molecule has 2 atom stereocenters. The quantitative estimate of drug-likeness (QED) is 0.854. The molecule has 0 spiro atoms. The molecule has 0 saturated heterocycles. The van der Waals surface area contributed by atoms with E-state index < -0.39 is 0 Å². The lowest BCUT2D eigenvalue weighted by Gasteiger charge is -2.18. The molecule has 2 aliphatic rings. The Balaban J connectivity index is 1.88. The average molecular weight is 234 g/mol. The van der Waals surface area contributed by atoms with Crippen LogP contribution in [0, 0.1) is 6.92 Å². The molecule has 2 aliphatic carbocycles. The maximum Gasteiger partial charge on any atom is 0.136 e. The summed E-state index contributed by atoms with van der Waals surface area (Å²) < 4.78 is 2.41. The maximum atomic E-state index is 6.02. The van der Waals surface area contributed by atoms with Gasteiger partial charge in [-0.25, -0.2) is 0 Å². The third kappa shape index (κ3) is 1.99. The van der Waals surface area contributed by atoms with Crippen LogP contribution in [0.5, 0.6) is 0 Å². The average Bonchev–Trinajstić information content (AvgIpc) is 2.97. The van der Waals surface area contributed by atoms with Crippen LogP contribution in [0.25, 0.3) is 0 Å². The molecule has 1 heterocycles. The minimum Gasteiger partial charge on any atom is -0.328 e. The van der Waals surface area contributed by atoms with Crippen molar-refractivity contribution in [2.24, 2.45) is 5.73 Å². The second kappa shape index (κ2) is 4.41. The van der Waals surface area contributed by atoms with Crippen LogP contribution in [-0.2, 0) is 0 Å². The van der Waals surface area contributed by atoms with Gasteiger partial charge in [0.05, 0.1) is 0 Å². The number of aromatic nitrogens is 3. The summed E-state index contributed by atoms with van der Waals surface area (Å²) in [5, 5.41) is 8.74. The zero-order chi connectivity index (χ0) is 11.8. The van der Waals surface area contributed by atoms with E-state index in [2.05, 4.69) is 21.7 Å². The molecule has 4 heteroatoms. The van der Waals surface area contributed by atoms with Crippen LogP contribution in [0.1, 0.15) is 68.6 Å². The highest BCUT2D eigenvalue weighted by atomic mass is 15.3. The second-order valence-corrected chi connectivity index (χ2v) is 5.68. The van der Waals surface area contributed by atoms with Crippen LogP contribution >= 0.6 is 0 Å². The molecule has 0 unspecified atom stereocenters. The van der Waals surface area contributed by atoms with Crippen molar-refractivity contribution in [3.8, 4) is 0 Å². The summed E-state index contributed by atoms with van der Waals surface area (Å²) in [4.78, 5) is 0. The summed E-state index contributed by atoms with van der Waals surface area (Å²) in [5.41, 5.74) is 6.02. The lowest BCUT2D eigenvalue weighted by atomic mass is 10.1. The topological polar surface area (TPSA) is 56.7 Å². The van der Waals surface area contributed by atoms with Gasteiger partial charge >= 0.3 is 0 Å². The van der Waals surface area contributed by atoms with Gasteiger partial charge in [-0.1, -0.05) is 12.8 Å². The van der Waals surface area contributed by atoms with E-state index in [9.17, 15) is 0 Å². The molecule has 4 nitrogen and oxygen atoms in total. The number of aryl methyl sites for hydroxylation is 1. The van der Waals surface area contributed by atoms with Gasteiger partial charge in [-0.3, -0.25) is 0 Å². The maximum absolute atomic E-state index is 6.02. The Morgan fingerprint density at radius 1 is 1.12 bits per heavy atom. The first-order valence-electron chi connectivity index (χ1n) is 6.92. The summed E-state index contributed by atoms with van der Waals surface area (Å²) in [7, 11) is 0. The van der Waals surface area contributed by atoms with Crippen molar-refractivity contribution >= 4 is 0 Å². The van der Waals surface area contributed by atoms with E-state index >= 15 is 0 Å². The molecule has 3 rings (SSSR count). The molecule has 0 aliphatic heterocycles. The van der Waals surface area contributed by atoms with E-state index in [0.29, 0.717) is 18.0 Å². The Labute approximate surface area is 103 Å². The molecular weight excluding hydrogens is 212 g/mol. The van der Waals surface area contributed by atoms with Gasteiger partial charge in [0.1, 0.15) is 11.6 Å². The number of hydrogen-bond donors (Lipinski definition) is 1. The Kier molecular flexibility index (Phi) is 2.90. The third-order valence-electron chi connectivity index (χ3n) is 4.42. The Morgan fingerprint density at radius 3 is 2.53 bits per heavy atom. The number of hydrogen-bond acceptors (Lipinski definition) is 3. The zero-order valence-corrected chi connectivity index (χ0v) is 10.6. The minimum absolute atomic E-state index is 0.369. The van der Waals surface area contributed by atoms with Gasteiger partial charge in [0, 0.05) is 18.0 Å². The minimum atomic E-state index is 0.369. The van der Waals surface area contributed by atoms with Crippen LogP contribution in [0.4, 0.5) is 0 Å². The van der Waals surface area contributed by atoms with Crippen molar-refractivity contribution in [2.45, 2.75) is 69.9 Å². The van der Waals surface area contributed by atoms with Gasteiger partial charge in [0.25, 0.3) is 0 Å². The van der Waals surface area contributed by atoms with E-state index in [1.807, 2.05) is 0 Å². The predicted octanol–water partition coefficient (Wildman–Crippen LogP) is 2.30. The van der Waals surface area contributed by atoms with Crippen molar-refractivity contribution in [3.05, 3.63) is 11.6 Å². The van der Waals surface area contributed by atoms with Crippen molar-refractivity contribution in [3.63, 3.8) is 0 Å². The van der Waals surface area contributed by atoms with E-state index in [4.69, 9.17) is 5.73 Å². The molecule has 2 fully saturated rings. The van der Waals surface area contributed by atoms with Crippen LogP contribution in [-0.4, -0.2) is 20.8 Å². The Hall–Kier alpha value is -0.900. The van der Waals surface area contributed by atoms with E-state index in [1.165, 1.54) is 37.9 Å². The molecule has 0 aromatic carbocycles. The third-order valence-corrected chi connectivity index (χ3v) is 4.42. The van der Waals surface area contributed by atoms with E-state index in [0.717, 1.165) is 18.7 Å². The molecule has 94 valence electrons. The molecule has 0 amide bonds. The molecule has 1 aromatic rings. The summed E-state index contributed by atoms with van der Waals surface area (Å²) in [6.07, 6.45) is 8.71. The SMILES string of the molecule is Cc1nnc([C@@H]2CC[C@H](N)C2)n1C1CCCC1. The van der Waals surface area contributed by atoms with Gasteiger partial charge in [-0.2, -0.15) is 0 Å². The summed E-state index contributed by atoms with van der Waals surface area (Å²) in [6, 6.07) is 1.02. The summed E-state index contributed by atoms with van der Waals surface area (Å²) in [5.74, 6) is 2.85. The van der Waals surface area contributed by atoms with Gasteiger partial charge in [0.2, 0.25) is 0 Å². The fraction of sp³-hybridized carbons (Fsp3) is 0.846. The molecule has 2 saturated carbocycles. The van der Waals surface area contributed by atoms with Crippen LogP contribution in [0.3, 0.4) is 0 Å². The molecule has 2 N–H and O–H groups in total. The first-order chi connectivity index (χ1) is 8.25. The Bertz CT molecular complexity index is 392. The fourth-order valence-electron chi connectivity index (χ4n) is 3.53. The molecule has 1 aromatic heterocycles.